The quantitative estimate of drug-likeness (QED) is 0.830. The standard InChI is InChI=1S/C17H16BrNO4/c1-3-19-13-6-5-11(18)8-12(13)17(22,16(19)21)9-14(20)15-7-4-10(2)23-15/h4-8,22H,3,9H2,1-2H3. The van der Waals surface area contributed by atoms with E-state index in [9.17, 15) is 14.7 Å². The van der Waals surface area contributed by atoms with Gasteiger partial charge in [-0.2, -0.15) is 0 Å². The first-order valence-corrected chi connectivity index (χ1v) is 8.10. The van der Waals surface area contributed by atoms with Gasteiger partial charge >= 0.3 is 0 Å². The fourth-order valence-electron chi connectivity index (χ4n) is 2.91. The first-order valence-electron chi connectivity index (χ1n) is 7.31. The molecule has 5 nitrogen and oxygen atoms in total. The lowest BCUT2D eigenvalue weighted by molar-refractivity contribution is -0.135. The third-order valence-electron chi connectivity index (χ3n) is 4.04. The summed E-state index contributed by atoms with van der Waals surface area (Å²) in [6, 6.07) is 8.48. The molecule has 0 saturated carbocycles. The number of hydrogen-bond acceptors (Lipinski definition) is 4. The van der Waals surface area contributed by atoms with E-state index in [1.54, 1.807) is 37.3 Å². The van der Waals surface area contributed by atoms with Gasteiger partial charge in [0.25, 0.3) is 5.91 Å². The lowest BCUT2D eigenvalue weighted by Gasteiger charge is -2.21. The van der Waals surface area contributed by atoms with Crippen molar-refractivity contribution < 1.29 is 19.1 Å². The van der Waals surface area contributed by atoms with E-state index in [1.165, 1.54) is 4.90 Å². The molecule has 2 heterocycles. The molecule has 1 aromatic heterocycles. The normalized spacial score (nSPS) is 20.0. The zero-order chi connectivity index (χ0) is 16.8. The van der Waals surface area contributed by atoms with Crippen LogP contribution in [0.15, 0.2) is 39.2 Å². The lowest BCUT2D eigenvalue weighted by atomic mass is 9.89. The number of likely N-dealkylation sites (N-methyl/N-ethyl adjacent to an activating group) is 1. The Morgan fingerprint density at radius 2 is 2.09 bits per heavy atom. The second kappa shape index (κ2) is 5.62. The van der Waals surface area contributed by atoms with Crippen molar-refractivity contribution in [2.75, 3.05) is 11.4 Å². The van der Waals surface area contributed by atoms with E-state index in [-0.39, 0.29) is 12.2 Å². The predicted octanol–water partition coefficient (Wildman–Crippen LogP) is 3.18. The summed E-state index contributed by atoms with van der Waals surface area (Å²) >= 11 is 3.35. The van der Waals surface area contributed by atoms with Gasteiger partial charge in [-0.1, -0.05) is 15.9 Å². The first-order chi connectivity index (χ1) is 10.9. The van der Waals surface area contributed by atoms with E-state index in [2.05, 4.69) is 15.9 Å². The van der Waals surface area contributed by atoms with E-state index in [1.807, 2.05) is 6.92 Å². The lowest BCUT2D eigenvalue weighted by Crippen LogP contribution is -2.41. The number of anilines is 1. The summed E-state index contributed by atoms with van der Waals surface area (Å²) in [5, 5.41) is 11.0. The topological polar surface area (TPSA) is 70.8 Å². The van der Waals surface area contributed by atoms with Crippen molar-refractivity contribution in [1.29, 1.82) is 0 Å². The second-order valence-electron chi connectivity index (χ2n) is 5.58. The number of halogens is 1. The molecule has 1 aromatic carbocycles. The third kappa shape index (κ3) is 2.52. The van der Waals surface area contributed by atoms with E-state index in [0.29, 0.717) is 23.6 Å². The Hall–Kier alpha value is -1.92. The number of carbonyl (C=O) groups excluding carboxylic acids is 2. The molecule has 1 atom stereocenters. The summed E-state index contributed by atoms with van der Waals surface area (Å²) in [5.74, 6) is -0.130. The zero-order valence-electron chi connectivity index (χ0n) is 12.8. The highest BCUT2D eigenvalue weighted by Gasteiger charge is 2.50. The van der Waals surface area contributed by atoms with Gasteiger partial charge in [-0.15, -0.1) is 0 Å². The Morgan fingerprint density at radius 1 is 1.35 bits per heavy atom. The molecule has 0 fully saturated rings. The number of aryl methyl sites for hydroxylation is 1. The van der Waals surface area contributed by atoms with Crippen LogP contribution in [-0.4, -0.2) is 23.3 Å². The van der Waals surface area contributed by atoms with Gasteiger partial charge in [0.05, 0.1) is 12.1 Å². The Labute approximate surface area is 142 Å². The van der Waals surface area contributed by atoms with Crippen LogP contribution in [0.3, 0.4) is 0 Å². The molecule has 6 heteroatoms. The molecule has 0 radical (unpaired) electrons. The van der Waals surface area contributed by atoms with E-state index < -0.39 is 17.3 Å². The average Bonchev–Trinajstić information content (AvgIpc) is 3.02. The first kappa shape index (κ1) is 16.0. The number of fused-ring (bicyclic) bond motifs is 1. The molecule has 120 valence electrons. The summed E-state index contributed by atoms with van der Waals surface area (Å²) in [6.07, 6.45) is -0.348. The highest BCUT2D eigenvalue weighted by atomic mass is 79.9. The smallest absolute Gasteiger partial charge is 0.264 e. The van der Waals surface area contributed by atoms with Crippen LogP contribution in [0.2, 0.25) is 0 Å². The molecule has 1 N–H and O–H groups in total. The number of nitrogens with zero attached hydrogens (tertiary/aromatic N) is 1. The number of hydrogen-bond donors (Lipinski definition) is 1. The molecule has 1 unspecified atom stereocenters. The Kier molecular flexibility index (Phi) is 3.90. The largest absolute Gasteiger partial charge is 0.458 e. The van der Waals surface area contributed by atoms with Crippen LogP contribution < -0.4 is 4.90 Å². The van der Waals surface area contributed by atoms with Gasteiger partial charge in [-0.3, -0.25) is 9.59 Å². The van der Waals surface area contributed by atoms with Gasteiger partial charge < -0.3 is 14.4 Å². The summed E-state index contributed by atoms with van der Waals surface area (Å²) in [6.45, 7) is 3.98. The van der Waals surface area contributed by atoms with Crippen molar-refractivity contribution in [3.8, 4) is 0 Å². The molecule has 0 saturated heterocycles. The molecule has 1 amide bonds. The van der Waals surface area contributed by atoms with Crippen molar-refractivity contribution in [2.24, 2.45) is 0 Å². The highest BCUT2D eigenvalue weighted by Crippen LogP contribution is 2.44. The predicted molar refractivity (Wildman–Crippen MR) is 88.5 cm³/mol. The van der Waals surface area contributed by atoms with E-state index >= 15 is 0 Å². The second-order valence-corrected chi connectivity index (χ2v) is 6.50. The minimum Gasteiger partial charge on any atom is -0.458 e. The van der Waals surface area contributed by atoms with Crippen LogP contribution in [0.25, 0.3) is 0 Å². The van der Waals surface area contributed by atoms with Crippen molar-refractivity contribution in [3.63, 3.8) is 0 Å². The van der Waals surface area contributed by atoms with Crippen molar-refractivity contribution in [1.82, 2.24) is 0 Å². The maximum atomic E-state index is 12.7. The van der Waals surface area contributed by atoms with Gasteiger partial charge in [0.1, 0.15) is 5.76 Å². The van der Waals surface area contributed by atoms with Crippen LogP contribution in [0.1, 0.15) is 35.2 Å². The summed E-state index contributed by atoms with van der Waals surface area (Å²) in [5.41, 5.74) is -0.797. The molecule has 2 aromatic rings. The number of furan rings is 1. The minimum absolute atomic E-state index is 0.148. The Bertz CT molecular complexity index is 798. The number of benzene rings is 1. The Morgan fingerprint density at radius 3 is 2.70 bits per heavy atom. The van der Waals surface area contributed by atoms with Gasteiger partial charge in [0.15, 0.2) is 11.4 Å². The van der Waals surface area contributed by atoms with Crippen molar-refractivity contribution in [3.05, 3.63) is 51.9 Å². The summed E-state index contributed by atoms with van der Waals surface area (Å²) in [4.78, 5) is 26.6. The minimum atomic E-state index is -1.87. The number of amides is 1. The third-order valence-corrected chi connectivity index (χ3v) is 4.53. The molecular weight excluding hydrogens is 362 g/mol. The maximum Gasteiger partial charge on any atom is 0.264 e. The number of aliphatic hydroxyl groups is 1. The number of rotatable bonds is 4. The van der Waals surface area contributed by atoms with Gasteiger partial charge in [0.2, 0.25) is 5.78 Å². The van der Waals surface area contributed by atoms with Crippen LogP contribution in [0.4, 0.5) is 5.69 Å². The molecular formula is C17H16BrNO4. The van der Waals surface area contributed by atoms with Crippen LogP contribution >= 0.6 is 15.9 Å². The molecule has 3 rings (SSSR count). The van der Waals surface area contributed by atoms with Crippen LogP contribution in [0, 0.1) is 6.92 Å². The molecule has 0 spiro atoms. The number of carbonyl (C=O) groups is 2. The van der Waals surface area contributed by atoms with Crippen LogP contribution in [0.5, 0.6) is 0 Å². The molecule has 1 aliphatic rings. The molecule has 0 bridgehead atoms. The van der Waals surface area contributed by atoms with E-state index in [0.717, 1.165) is 4.47 Å². The number of ketones is 1. The molecule has 0 aliphatic carbocycles. The summed E-state index contributed by atoms with van der Waals surface area (Å²) in [7, 11) is 0. The molecule has 1 aliphatic heterocycles. The highest BCUT2D eigenvalue weighted by molar-refractivity contribution is 9.10. The fourth-order valence-corrected chi connectivity index (χ4v) is 3.27. The monoisotopic (exact) mass is 377 g/mol. The van der Waals surface area contributed by atoms with Crippen molar-refractivity contribution >= 4 is 33.3 Å². The maximum absolute atomic E-state index is 12.7. The van der Waals surface area contributed by atoms with Crippen molar-refractivity contribution in [2.45, 2.75) is 25.9 Å². The van der Waals surface area contributed by atoms with E-state index in [4.69, 9.17) is 4.42 Å². The SMILES string of the molecule is CCN1C(=O)C(O)(CC(=O)c2ccc(C)o2)c2cc(Br)ccc21. The number of Topliss-reactive ketones (excluding diaryl/α,β-unsaturated/α-hetero) is 1. The Balaban J connectivity index is 2.02. The molecule has 23 heavy (non-hydrogen) atoms. The summed E-state index contributed by atoms with van der Waals surface area (Å²) < 4.78 is 6.04. The van der Waals surface area contributed by atoms with Gasteiger partial charge in [-0.25, -0.2) is 0 Å². The fraction of sp³-hybridized carbons (Fsp3) is 0.294. The zero-order valence-corrected chi connectivity index (χ0v) is 14.4. The average molecular weight is 378 g/mol. The van der Waals surface area contributed by atoms with Crippen LogP contribution in [-0.2, 0) is 10.4 Å². The van der Waals surface area contributed by atoms with Gasteiger partial charge in [0, 0.05) is 16.6 Å². The van der Waals surface area contributed by atoms with Gasteiger partial charge in [-0.05, 0) is 44.2 Å².